The number of halogens is 1. The zero-order valence-electron chi connectivity index (χ0n) is 10.3. The average molecular weight is 312 g/mol. The van der Waals surface area contributed by atoms with E-state index in [1.807, 2.05) is 24.3 Å². The predicted octanol–water partition coefficient (Wildman–Crippen LogP) is 2.84. The van der Waals surface area contributed by atoms with Crippen LogP contribution in [0.15, 0.2) is 24.3 Å². The van der Waals surface area contributed by atoms with Gasteiger partial charge in [0.25, 0.3) is 0 Å². The number of unbranched alkanes of at least 4 members (excludes halogenated alkanes) is 1. The van der Waals surface area contributed by atoms with Gasteiger partial charge < -0.3 is 10.1 Å². The summed E-state index contributed by atoms with van der Waals surface area (Å²) >= 11 is 3.39. The normalized spacial score (nSPS) is 17.7. The van der Waals surface area contributed by atoms with E-state index in [0.29, 0.717) is 6.61 Å². The van der Waals surface area contributed by atoms with Gasteiger partial charge in [-0.05, 0) is 25.3 Å². The number of ether oxygens (including phenoxy) is 1. The molecule has 1 N–H and O–H groups in total. The summed E-state index contributed by atoms with van der Waals surface area (Å²) < 4.78 is 5.56. The molecule has 4 heteroatoms. The highest BCUT2D eigenvalue weighted by atomic mass is 79.9. The van der Waals surface area contributed by atoms with Crippen LogP contribution in [0.1, 0.15) is 30.7 Å². The van der Waals surface area contributed by atoms with Gasteiger partial charge in [-0.15, -0.1) is 0 Å². The molecule has 0 fully saturated rings. The van der Waals surface area contributed by atoms with E-state index in [1.54, 1.807) is 0 Å². The Labute approximate surface area is 116 Å². The number of hydrogen-bond acceptors (Lipinski definition) is 2. The number of benzene rings is 1. The summed E-state index contributed by atoms with van der Waals surface area (Å²) in [7, 11) is 0. The fourth-order valence-electron chi connectivity index (χ4n) is 2.17. The first-order valence-electron chi connectivity index (χ1n) is 6.38. The van der Waals surface area contributed by atoms with Crippen molar-refractivity contribution in [2.45, 2.75) is 25.2 Å². The third kappa shape index (κ3) is 3.25. The molecule has 98 valence electrons. The quantitative estimate of drug-likeness (QED) is 0.671. The molecular formula is C14H18BrNO2. The van der Waals surface area contributed by atoms with E-state index in [1.165, 1.54) is 0 Å². The minimum Gasteiger partial charge on any atom is -0.493 e. The van der Waals surface area contributed by atoms with Crippen LogP contribution in [-0.4, -0.2) is 24.4 Å². The molecule has 1 atom stereocenters. The molecule has 2 rings (SSSR count). The Balaban J connectivity index is 1.95. The zero-order chi connectivity index (χ0) is 12.8. The Morgan fingerprint density at radius 1 is 1.39 bits per heavy atom. The number of fused-ring (bicyclic) bond motifs is 1. The molecule has 0 spiro atoms. The highest BCUT2D eigenvalue weighted by Crippen LogP contribution is 2.33. The number of nitrogens with one attached hydrogen (secondary N) is 1. The maximum Gasteiger partial charge on any atom is 0.227 e. The lowest BCUT2D eigenvalue weighted by atomic mass is 9.92. The maximum absolute atomic E-state index is 12.1. The van der Waals surface area contributed by atoms with Crippen LogP contribution in [0.5, 0.6) is 5.75 Å². The Morgan fingerprint density at radius 3 is 3.06 bits per heavy atom. The van der Waals surface area contributed by atoms with Crippen LogP contribution in [-0.2, 0) is 4.79 Å². The first-order chi connectivity index (χ1) is 8.83. The largest absolute Gasteiger partial charge is 0.493 e. The van der Waals surface area contributed by atoms with Gasteiger partial charge in [-0.25, -0.2) is 0 Å². The van der Waals surface area contributed by atoms with Crippen molar-refractivity contribution in [3.8, 4) is 5.75 Å². The zero-order valence-corrected chi connectivity index (χ0v) is 11.9. The smallest absolute Gasteiger partial charge is 0.227 e. The van der Waals surface area contributed by atoms with E-state index in [-0.39, 0.29) is 11.8 Å². The SMILES string of the molecule is O=C(NCCCCBr)C1CCOc2ccccc21. The molecule has 1 aromatic carbocycles. The van der Waals surface area contributed by atoms with Crippen LogP contribution < -0.4 is 10.1 Å². The molecular weight excluding hydrogens is 294 g/mol. The van der Waals surface area contributed by atoms with E-state index in [9.17, 15) is 4.79 Å². The van der Waals surface area contributed by atoms with Gasteiger partial charge in [-0.1, -0.05) is 34.1 Å². The lowest BCUT2D eigenvalue weighted by Crippen LogP contribution is -2.33. The average Bonchev–Trinajstić information content (AvgIpc) is 2.43. The molecule has 1 aromatic rings. The van der Waals surface area contributed by atoms with E-state index >= 15 is 0 Å². The second kappa shape index (κ2) is 6.78. The monoisotopic (exact) mass is 311 g/mol. The Kier molecular flexibility index (Phi) is 5.05. The summed E-state index contributed by atoms with van der Waals surface area (Å²) in [5, 5.41) is 4.00. The summed E-state index contributed by atoms with van der Waals surface area (Å²) in [4.78, 5) is 12.1. The molecule has 1 aliphatic rings. The maximum atomic E-state index is 12.1. The highest BCUT2D eigenvalue weighted by Gasteiger charge is 2.26. The number of alkyl halides is 1. The van der Waals surface area contributed by atoms with E-state index in [0.717, 1.165) is 42.5 Å². The summed E-state index contributed by atoms with van der Waals surface area (Å²) in [6.07, 6.45) is 2.87. The number of rotatable bonds is 5. The molecule has 0 bridgehead atoms. The van der Waals surface area contributed by atoms with Gasteiger partial charge in [0, 0.05) is 17.4 Å². The molecule has 1 aliphatic heterocycles. The highest BCUT2D eigenvalue weighted by molar-refractivity contribution is 9.09. The first-order valence-corrected chi connectivity index (χ1v) is 7.50. The van der Waals surface area contributed by atoms with Crippen molar-refractivity contribution in [3.05, 3.63) is 29.8 Å². The minimum absolute atomic E-state index is 0.0566. The van der Waals surface area contributed by atoms with Crippen LogP contribution in [0.2, 0.25) is 0 Å². The van der Waals surface area contributed by atoms with Crippen LogP contribution in [0.3, 0.4) is 0 Å². The molecule has 1 amide bonds. The van der Waals surface area contributed by atoms with E-state index in [2.05, 4.69) is 21.2 Å². The fourth-order valence-corrected chi connectivity index (χ4v) is 2.57. The Morgan fingerprint density at radius 2 is 2.22 bits per heavy atom. The number of carbonyl (C=O) groups is 1. The Bertz CT molecular complexity index is 409. The van der Waals surface area contributed by atoms with E-state index < -0.39 is 0 Å². The Hall–Kier alpha value is -1.03. The molecule has 0 aliphatic carbocycles. The number of amides is 1. The number of carbonyl (C=O) groups excluding carboxylic acids is 1. The first kappa shape index (κ1) is 13.4. The standard InChI is InChI=1S/C14H18BrNO2/c15-8-3-4-9-16-14(17)12-7-10-18-13-6-2-1-5-11(12)13/h1-2,5-6,12H,3-4,7-10H2,(H,16,17). The minimum atomic E-state index is -0.0566. The molecule has 1 unspecified atom stereocenters. The molecule has 0 saturated heterocycles. The van der Waals surface area contributed by atoms with Gasteiger partial charge in [-0.3, -0.25) is 4.79 Å². The third-order valence-corrected chi connectivity index (χ3v) is 3.70. The van der Waals surface area contributed by atoms with Crippen molar-refractivity contribution in [3.63, 3.8) is 0 Å². The second-order valence-corrected chi connectivity index (χ2v) is 5.21. The van der Waals surface area contributed by atoms with Gasteiger partial charge in [0.15, 0.2) is 0 Å². The lowest BCUT2D eigenvalue weighted by Gasteiger charge is -2.25. The number of para-hydroxylation sites is 1. The van der Waals surface area contributed by atoms with Crippen molar-refractivity contribution in [1.82, 2.24) is 5.32 Å². The van der Waals surface area contributed by atoms with Gasteiger partial charge in [0.2, 0.25) is 5.91 Å². The second-order valence-electron chi connectivity index (χ2n) is 4.41. The van der Waals surface area contributed by atoms with Crippen LogP contribution >= 0.6 is 15.9 Å². The van der Waals surface area contributed by atoms with Crippen molar-refractivity contribution in [2.24, 2.45) is 0 Å². The molecule has 1 heterocycles. The van der Waals surface area contributed by atoms with Crippen molar-refractivity contribution in [1.29, 1.82) is 0 Å². The van der Waals surface area contributed by atoms with Gasteiger partial charge in [-0.2, -0.15) is 0 Å². The summed E-state index contributed by atoms with van der Waals surface area (Å²) in [6.45, 7) is 1.38. The summed E-state index contributed by atoms with van der Waals surface area (Å²) in [6, 6.07) is 7.81. The van der Waals surface area contributed by atoms with E-state index in [4.69, 9.17) is 4.74 Å². The van der Waals surface area contributed by atoms with Crippen LogP contribution in [0.25, 0.3) is 0 Å². The summed E-state index contributed by atoms with van der Waals surface area (Å²) in [5.41, 5.74) is 1.02. The topological polar surface area (TPSA) is 38.3 Å². The van der Waals surface area contributed by atoms with Gasteiger partial charge in [0.1, 0.15) is 5.75 Å². The van der Waals surface area contributed by atoms with Gasteiger partial charge in [0.05, 0.1) is 12.5 Å². The molecule has 0 aromatic heterocycles. The van der Waals surface area contributed by atoms with Crippen LogP contribution in [0, 0.1) is 0 Å². The number of hydrogen-bond donors (Lipinski definition) is 1. The van der Waals surface area contributed by atoms with Crippen molar-refractivity contribution in [2.75, 3.05) is 18.5 Å². The third-order valence-electron chi connectivity index (χ3n) is 3.13. The van der Waals surface area contributed by atoms with Gasteiger partial charge >= 0.3 is 0 Å². The fraction of sp³-hybridized carbons (Fsp3) is 0.500. The molecule has 3 nitrogen and oxygen atoms in total. The predicted molar refractivity (Wildman–Crippen MR) is 75.3 cm³/mol. The lowest BCUT2D eigenvalue weighted by molar-refractivity contribution is -0.123. The summed E-state index contributed by atoms with van der Waals surface area (Å²) in [5.74, 6) is 0.920. The van der Waals surface area contributed by atoms with Crippen molar-refractivity contribution < 1.29 is 9.53 Å². The molecule has 0 radical (unpaired) electrons. The van der Waals surface area contributed by atoms with Crippen LogP contribution in [0.4, 0.5) is 0 Å². The van der Waals surface area contributed by atoms with Crippen molar-refractivity contribution >= 4 is 21.8 Å². The molecule has 18 heavy (non-hydrogen) atoms. The molecule has 0 saturated carbocycles.